The molecule has 0 radical (unpaired) electrons. The number of para-hydroxylation sites is 4. The highest BCUT2D eigenvalue weighted by Gasteiger charge is 2.43. The van der Waals surface area contributed by atoms with Crippen LogP contribution < -0.4 is 9.47 Å². The minimum atomic E-state index is -0.471. The summed E-state index contributed by atoms with van der Waals surface area (Å²) in [5.41, 5.74) is 16.3. The van der Waals surface area contributed by atoms with E-state index in [1.54, 1.807) is 0 Å². The summed E-state index contributed by atoms with van der Waals surface area (Å²) >= 11 is 0. The molecule has 2 atom stereocenters. The molecule has 0 spiro atoms. The molecule has 0 amide bonds. The van der Waals surface area contributed by atoms with Crippen molar-refractivity contribution in [3.8, 4) is 17.1 Å². The first-order valence-electron chi connectivity index (χ1n) is 19.0. The minimum Gasteiger partial charge on any atom is -0.342 e. The minimum absolute atomic E-state index is 0.0848. The van der Waals surface area contributed by atoms with Gasteiger partial charge >= 0.3 is 0 Å². The van der Waals surface area contributed by atoms with Crippen LogP contribution in [0, 0.1) is 27.7 Å². The van der Waals surface area contributed by atoms with Crippen LogP contribution in [0.25, 0.3) is 28.1 Å². The maximum absolute atomic E-state index is 2.58. The van der Waals surface area contributed by atoms with E-state index >= 15 is 0 Å². The van der Waals surface area contributed by atoms with Crippen molar-refractivity contribution in [3.63, 3.8) is 0 Å². The molecule has 266 valence electrons. The van der Waals surface area contributed by atoms with E-state index in [9.17, 15) is 0 Å². The van der Waals surface area contributed by atoms with Crippen LogP contribution in [0.2, 0.25) is 0 Å². The number of hydrogen-bond donors (Lipinski definition) is 0. The van der Waals surface area contributed by atoms with E-state index in [1.165, 1.54) is 78.3 Å². The van der Waals surface area contributed by atoms with Gasteiger partial charge in [-0.05, 0) is 105 Å². The van der Waals surface area contributed by atoms with Crippen molar-refractivity contribution >= 4 is 16.7 Å². The Morgan fingerprint density at radius 1 is 0.615 bits per heavy atom. The summed E-state index contributed by atoms with van der Waals surface area (Å²) in [7, 11) is 2.24. The molecular formula is C48H55N4+. The molecule has 0 aliphatic carbocycles. The van der Waals surface area contributed by atoms with Gasteiger partial charge in [0.1, 0.15) is 11.9 Å². The van der Waals surface area contributed by atoms with Gasteiger partial charge in [0.25, 0.3) is 5.82 Å². The van der Waals surface area contributed by atoms with Crippen molar-refractivity contribution in [2.75, 3.05) is 4.90 Å². The van der Waals surface area contributed by atoms with Crippen LogP contribution in [0.5, 0.6) is 0 Å². The molecule has 0 bridgehead atoms. The Hall–Kier alpha value is -5.09. The van der Waals surface area contributed by atoms with Gasteiger partial charge in [0.15, 0.2) is 11.0 Å². The summed E-state index contributed by atoms with van der Waals surface area (Å²) in [4.78, 5) is 5.03. The van der Waals surface area contributed by atoms with Crippen molar-refractivity contribution in [2.24, 2.45) is 7.05 Å². The molecule has 1 unspecified atom stereocenters. The number of imidazole rings is 1. The maximum atomic E-state index is 2.58. The van der Waals surface area contributed by atoms with E-state index < -0.39 is 5.54 Å². The van der Waals surface area contributed by atoms with Crippen molar-refractivity contribution < 1.29 is 4.57 Å². The second-order valence-corrected chi connectivity index (χ2v) is 15.7. The van der Waals surface area contributed by atoms with Gasteiger partial charge in [-0.2, -0.15) is 4.57 Å². The first kappa shape index (κ1) is 35.3. The number of anilines is 1. The molecule has 5 aromatic carbocycles. The van der Waals surface area contributed by atoms with Gasteiger partial charge in [-0.25, -0.2) is 4.57 Å². The average Bonchev–Trinajstić information content (AvgIpc) is 3.64. The lowest BCUT2D eigenvalue weighted by atomic mass is 9.77. The lowest BCUT2D eigenvalue weighted by Crippen LogP contribution is -2.49. The van der Waals surface area contributed by atoms with E-state index in [1.807, 2.05) is 0 Å². The van der Waals surface area contributed by atoms with Crippen molar-refractivity contribution in [1.82, 2.24) is 9.47 Å². The SMILES string of the molecule is Cc1ccccc1C(C)(c1cccc(-c2n(-c3c(C(C)C)cccc3C(C)C)c3ccccc3[n+]2C)c1C)N1C=CN(c2c(C)cccc2C)[C@@H]1C. The van der Waals surface area contributed by atoms with Crippen molar-refractivity contribution in [3.05, 3.63) is 160 Å². The molecule has 7 rings (SSSR count). The molecule has 0 saturated heterocycles. The Balaban J connectivity index is 1.50. The van der Waals surface area contributed by atoms with Crippen molar-refractivity contribution in [1.29, 1.82) is 0 Å². The van der Waals surface area contributed by atoms with Crippen LogP contribution in [0.4, 0.5) is 5.69 Å². The topological polar surface area (TPSA) is 15.3 Å². The number of aromatic nitrogens is 2. The third kappa shape index (κ3) is 5.46. The zero-order chi connectivity index (χ0) is 37.1. The summed E-state index contributed by atoms with van der Waals surface area (Å²) in [6.45, 7) is 23.1. The van der Waals surface area contributed by atoms with Crippen LogP contribution >= 0.6 is 0 Å². The number of nitrogens with zero attached hydrogens (tertiary/aromatic N) is 4. The Kier molecular flexibility index (Phi) is 9.15. The lowest BCUT2D eigenvalue weighted by molar-refractivity contribution is -0.633. The molecule has 1 aromatic heterocycles. The Morgan fingerprint density at radius 3 is 1.83 bits per heavy atom. The van der Waals surface area contributed by atoms with Crippen LogP contribution in [0.15, 0.2) is 116 Å². The summed E-state index contributed by atoms with van der Waals surface area (Å²) in [6.07, 6.45) is 4.69. The number of aryl methyl sites for hydroxylation is 4. The second-order valence-electron chi connectivity index (χ2n) is 15.7. The largest absolute Gasteiger partial charge is 0.342 e. The van der Waals surface area contributed by atoms with Crippen molar-refractivity contribution in [2.45, 2.75) is 92.8 Å². The third-order valence-corrected chi connectivity index (χ3v) is 11.8. The third-order valence-electron chi connectivity index (χ3n) is 11.8. The predicted molar refractivity (Wildman–Crippen MR) is 219 cm³/mol. The quantitative estimate of drug-likeness (QED) is 0.148. The second kappa shape index (κ2) is 13.5. The predicted octanol–water partition coefficient (Wildman–Crippen LogP) is 11.5. The van der Waals surface area contributed by atoms with Gasteiger partial charge in [0.05, 0.1) is 18.2 Å². The van der Waals surface area contributed by atoms with Gasteiger partial charge in [-0.15, -0.1) is 0 Å². The average molecular weight is 688 g/mol. The highest BCUT2D eigenvalue weighted by atomic mass is 15.4. The first-order chi connectivity index (χ1) is 24.9. The first-order valence-corrected chi connectivity index (χ1v) is 19.0. The Labute approximate surface area is 311 Å². The Bertz CT molecular complexity index is 2280. The van der Waals surface area contributed by atoms with Crippen LogP contribution in [0.3, 0.4) is 0 Å². The molecule has 0 saturated carbocycles. The zero-order valence-electron chi connectivity index (χ0n) is 33.0. The lowest BCUT2D eigenvalue weighted by Gasteiger charge is -2.46. The van der Waals surface area contributed by atoms with E-state index in [4.69, 9.17) is 0 Å². The molecule has 4 heteroatoms. The fourth-order valence-electron chi connectivity index (χ4n) is 9.08. The van der Waals surface area contributed by atoms with Gasteiger partial charge in [-0.3, -0.25) is 0 Å². The van der Waals surface area contributed by atoms with E-state index in [0.717, 1.165) is 0 Å². The molecule has 0 fully saturated rings. The van der Waals surface area contributed by atoms with E-state index in [-0.39, 0.29) is 6.17 Å². The molecule has 2 heterocycles. The molecule has 1 aliphatic heterocycles. The van der Waals surface area contributed by atoms with Gasteiger partial charge in [0.2, 0.25) is 0 Å². The van der Waals surface area contributed by atoms with Crippen LogP contribution in [-0.2, 0) is 12.6 Å². The fourth-order valence-corrected chi connectivity index (χ4v) is 9.08. The summed E-state index contributed by atoms with van der Waals surface area (Å²) in [6, 6.07) is 38.3. The molecule has 4 nitrogen and oxygen atoms in total. The number of benzene rings is 5. The van der Waals surface area contributed by atoms with Crippen LogP contribution in [-0.4, -0.2) is 15.6 Å². The highest BCUT2D eigenvalue weighted by Crippen LogP contribution is 2.46. The highest BCUT2D eigenvalue weighted by molar-refractivity contribution is 5.81. The van der Waals surface area contributed by atoms with E-state index in [2.05, 4.69) is 211 Å². The summed E-state index contributed by atoms with van der Waals surface area (Å²) in [5, 5.41) is 0. The fraction of sp³-hybridized carbons (Fsp3) is 0.312. The number of fused-ring (bicyclic) bond motifs is 1. The van der Waals surface area contributed by atoms with Gasteiger partial charge in [-0.1, -0.05) is 113 Å². The van der Waals surface area contributed by atoms with E-state index in [0.29, 0.717) is 11.8 Å². The molecule has 1 aliphatic rings. The molecule has 0 N–H and O–H groups in total. The molecule has 52 heavy (non-hydrogen) atoms. The van der Waals surface area contributed by atoms with Gasteiger partial charge in [0, 0.05) is 29.2 Å². The molecular weight excluding hydrogens is 633 g/mol. The standard InChI is InChI=1S/C48H55N4/c1-31(2)38-22-17-23-39(32(3)4)46(38)52-44-28-15-14-27-43(44)49(11)47(52)40-24-18-26-42(36(40)8)48(10,41-25-13-12-19-33(41)5)51-30-29-50(37(51)9)45-34(6)20-16-21-35(45)7/h12-32,37H,1-11H3/q+1/t37-,48?/m0/s1. The normalized spacial score (nSPS) is 15.8. The van der Waals surface area contributed by atoms with Gasteiger partial charge < -0.3 is 9.80 Å². The number of hydrogen-bond acceptors (Lipinski definition) is 2. The summed E-state index contributed by atoms with van der Waals surface area (Å²) in [5.74, 6) is 1.94. The monoisotopic (exact) mass is 687 g/mol. The van der Waals surface area contributed by atoms with Crippen LogP contribution in [0.1, 0.15) is 97.9 Å². The smallest absolute Gasteiger partial charge is 0.295 e. The molecule has 6 aromatic rings. The Morgan fingerprint density at radius 2 is 1.17 bits per heavy atom. The number of rotatable bonds is 8. The zero-order valence-corrected chi connectivity index (χ0v) is 33.0. The summed E-state index contributed by atoms with van der Waals surface area (Å²) < 4.78 is 4.98. The maximum Gasteiger partial charge on any atom is 0.295 e.